The van der Waals surface area contributed by atoms with Gasteiger partial charge in [0, 0.05) is 17.7 Å². The standard InChI is InChI=1S/C15H17BrO3/c1-19-15(18)12-6-7-13(14(17)8-12)11-4-2-10(9-16)3-5-11/h2-5,12-13H,6-9H2,1H3/t12-,13?/m1/s1. The number of ether oxygens (including phenoxy) is 1. The minimum absolute atomic E-state index is 0.0646. The summed E-state index contributed by atoms with van der Waals surface area (Å²) in [7, 11) is 1.37. The lowest BCUT2D eigenvalue weighted by molar-refractivity contribution is -0.148. The van der Waals surface area contributed by atoms with Crippen molar-refractivity contribution in [3.63, 3.8) is 0 Å². The summed E-state index contributed by atoms with van der Waals surface area (Å²) in [6, 6.07) is 8.09. The van der Waals surface area contributed by atoms with Crippen molar-refractivity contribution in [2.75, 3.05) is 7.11 Å². The normalized spacial score (nSPS) is 23.2. The van der Waals surface area contributed by atoms with Crippen molar-refractivity contribution in [3.05, 3.63) is 35.4 Å². The van der Waals surface area contributed by atoms with Crippen LogP contribution in [0.5, 0.6) is 0 Å². The molecular formula is C15H17BrO3. The van der Waals surface area contributed by atoms with E-state index in [1.165, 1.54) is 12.7 Å². The van der Waals surface area contributed by atoms with Crippen molar-refractivity contribution < 1.29 is 14.3 Å². The predicted molar refractivity (Wildman–Crippen MR) is 76.2 cm³/mol. The molecule has 0 heterocycles. The van der Waals surface area contributed by atoms with Crippen LogP contribution in [0.3, 0.4) is 0 Å². The smallest absolute Gasteiger partial charge is 0.309 e. The Hall–Kier alpha value is -1.16. The Kier molecular flexibility index (Phi) is 4.75. The molecule has 2 atom stereocenters. The quantitative estimate of drug-likeness (QED) is 0.633. The second-order valence-electron chi connectivity index (χ2n) is 4.90. The van der Waals surface area contributed by atoms with Gasteiger partial charge >= 0.3 is 5.97 Å². The van der Waals surface area contributed by atoms with Crippen LogP contribution in [-0.4, -0.2) is 18.9 Å². The van der Waals surface area contributed by atoms with Crippen molar-refractivity contribution in [1.82, 2.24) is 0 Å². The van der Waals surface area contributed by atoms with Crippen molar-refractivity contribution in [2.24, 2.45) is 5.92 Å². The summed E-state index contributed by atoms with van der Waals surface area (Å²) in [6.07, 6.45) is 1.76. The number of hydrogen-bond donors (Lipinski definition) is 0. The predicted octanol–water partition coefficient (Wildman–Crippen LogP) is 3.21. The molecule has 0 bridgehead atoms. The number of ketones is 1. The van der Waals surface area contributed by atoms with E-state index in [2.05, 4.69) is 15.9 Å². The Morgan fingerprint density at radius 1 is 1.32 bits per heavy atom. The van der Waals surface area contributed by atoms with E-state index in [0.717, 1.165) is 23.7 Å². The average molecular weight is 325 g/mol. The fourth-order valence-corrected chi connectivity index (χ4v) is 2.95. The second kappa shape index (κ2) is 6.33. The highest BCUT2D eigenvalue weighted by atomic mass is 79.9. The monoisotopic (exact) mass is 324 g/mol. The molecule has 2 rings (SSSR count). The topological polar surface area (TPSA) is 43.4 Å². The first-order valence-corrected chi connectivity index (χ1v) is 7.53. The molecule has 0 spiro atoms. The Bertz CT molecular complexity index is 467. The lowest BCUT2D eigenvalue weighted by Gasteiger charge is -2.26. The van der Waals surface area contributed by atoms with Crippen LogP contribution >= 0.6 is 15.9 Å². The van der Waals surface area contributed by atoms with Crippen LogP contribution in [0.4, 0.5) is 0 Å². The summed E-state index contributed by atoms with van der Waals surface area (Å²) < 4.78 is 4.71. The van der Waals surface area contributed by atoms with Gasteiger partial charge in [-0.25, -0.2) is 0 Å². The number of carbonyl (C=O) groups excluding carboxylic acids is 2. The molecule has 0 saturated heterocycles. The molecule has 1 aliphatic rings. The van der Waals surface area contributed by atoms with Gasteiger partial charge in [0.2, 0.25) is 0 Å². The van der Waals surface area contributed by atoms with E-state index < -0.39 is 0 Å². The summed E-state index contributed by atoms with van der Waals surface area (Å²) in [4.78, 5) is 23.6. The van der Waals surface area contributed by atoms with Gasteiger partial charge in [0.1, 0.15) is 5.78 Å². The third-order valence-corrected chi connectivity index (χ3v) is 4.36. The summed E-state index contributed by atoms with van der Waals surface area (Å²) in [5.74, 6) is -0.435. The zero-order valence-electron chi connectivity index (χ0n) is 10.9. The SMILES string of the molecule is COC(=O)[C@@H]1CCC(c2ccc(CBr)cc2)C(=O)C1. The van der Waals surface area contributed by atoms with Gasteiger partial charge in [0.05, 0.1) is 13.0 Å². The molecule has 1 aliphatic carbocycles. The molecule has 102 valence electrons. The van der Waals surface area contributed by atoms with Gasteiger partial charge in [0.25, 0.3) is 0 Å². The first-order chi connectivity index (χ1) is 9.15. The molecule has 0 aliphatic heterocycles. The van der Waals surface area contributed by atoms with Crippen LogP contribution in [0, 0.1) is 5.92 Å². The molecule has 1 aromatic carbocycles. The summed E-state index contributed by atoms with van der Waals surface area (Å²) in [5, 5.41) is 0.816. The van der Waals surface area contributed by atoms with Crippen LogP contribution in [-0.2, 0) is 19.7 Å². The van der Waals surface area contributed by atoms with Crippen LogP contribution < -0.4 is 0 Å². The summed E-state index contributed by atoms with van der Waals surface area (Å²) in [6.45, 7) is 0. The van der Waals surface area contributed by atoms with Crippen molar-refractivity contribution >= 4 is 27.7 Å². The Morgan fingerprint density at radius 3 is 2.53 bits per heavy atom. The van der Waals surface area contributed by atoms with Gasteiger partial charge in [-0.3, -0.25) is 9.59 Å². The van der Waals surface area contributed by atoms with Gasteiger partial charge in [-0.15, -0.1) is 0 Å². The number of esters is 1. The van der Waals surface area contributed by atoms with Crippen LogP contribution in [0.1, 0.15) is 36.3 Å². The minimum atomic E-state index is -0.263. The zero-order chi connectivity index (χ0) is 13.8. The molecule has 0 aromatic heterocycles. The van der Waals surface area contributed by atoms with Gasteiger partial charge in [-0.2, -0.15) is 0 Å². The second-order valence-corrected chi connectivity index (χ2v) is 5.46. The third kappa shape index (κ3) is 3.24. The molecule has 4 heteroatoms. The van der Waals surface area contributed by atoms with E-state index >= 15 is 0 Å². The number of methoxy groups -OCH3 is 1. The highest BCUT2D eigenvalue weighted by molar-refractivity contribution is 9.08. The number of halogens is 1. The largest absolute Gasteiger partial charge is 0.469 e. The van der Waals surface area contributed by atoms with E-state index in [1.54, 1.807) is 0 Å². The molecule has 0 amide bonds. The van der Waals surface area contributed by atoms with E-state index in [1.807, 2.05) is 24.3 Å². The van der Waals surface area contributed by atoms with Gasteiger partial charge in [-0.05, 0) is 24.0 Å². The first kappa shape index (κ1) is 14.3. The Labute approximate surface area is 121 Å². The highest BCUT2D eigenvalue weighted by Gasteiger charge is 2.33. The third-order valence-electron chi connectivity index (χ3n) is 3.71. The lowest BCUT2D eigenvalue weighted by atomic mass is 9.77. The van der Waals surface area contributed by atoms with E-state index in [-0.39, 0.29) is 23.6 Å². The zero-order valence-corrected chi connectivity index (χ0v) is 12.5. The fraction of sp³-hybridized carbons (Fsp3) is 0.467. The molecule has 1 fully saturated rings. The molecule has 1 unspecified atom stereocenters. The molecule has 3 nitrogen and oxygen atoms in total. The van der Waals surface area contributed by atoms with Crippen molar-refractivity contribution in [1.29, 1.82) is 0 Å². The van der Waals surface area contributed by atoms with Gasteiger partial charge in [-0.1, -0.05) is 40.2 Å². The first-order valence-electron chi connectivity index (χ1n) is 6.41. The molecule has 0 radical (unpaired) electrons. The Morgan fingerprint density at radius 2 is 2.00 bits per heavy atom. The molecule has 1 aromatic rings. The van der Waals surface area contributed by atoms with E-state index in [4.69, 9.17) is 4.74 Å². The lowest BCUT2D eigenvalue weighted by Crippen LogP contribution is -2.28. The average Bonchev–Trinajstić information content (AvgIpc) is 2.46. The van der Waals surface area contributed by atoms with Crippen LogP contribution in [0.25, 0.3) is 0 Å². The van der Waals surface area contributed by atoms with Gasteiger partial charge in [0.15, 0.2) is 0 Å². The number of Topliss-reactive ketones (excluding diaryl/α,β-unsaturated/α-hetero) is 1. The maximum atomic E-state index is 12.2. The van der Waals surface area contributed by atoms with E-state index in [9.17, 15) is 9.59 Å². The molecule has 0 N–H and O–H groups in total. The summed E-state index contributed by atoms with van der Waals surface area (Å²) >= 11 is 3.40. The highest BCUT2D eigenvalue weighted by Crippen LogP contribution is 2.33. The number of alkyl halides is 1. The van der Waals surface area contributed by atoms with Crippen molar-refractivity contribution in [2.45, 2.75) is 30.5 Å². The molecule has 1 saturated carbocycles. The summed E-state index contributed by atoms with van der Waals surface area (Å²) in [5.41, 5.74) is 2.25. The Balaban J connectivity index is 2.06. The number of benzene rings is 1. The van der Waals surface area contributed by atoms with E-state index in [0.29, 0.717) is 6.42 Å². The number of hydrogen-bond acceptors (Lipinski definition) is 3. The fourth-order valence-electron chi connectivity index (χ4n) is 2.58. The number of carbonyl (C=O) groups is 2. The molecule has 19 heavy (non-hydrogen) atoms. The molecular weight excluding hydrogens is 308 g/mol. The van der Waals surface area contributed by atoms with Crippen LogP contribution in [0.15, 0.2) is 24.3 Å². The number of rotatable bonds is 3. The maximum Gasteiger partial charge on any atom is 0.309 e. The minimum Gasteiger partial charge on any atom is -0.469 e. The van der Waals surface area contributed by atoms with Crippen molar-refractivity contribution in [3.8, 4) is 0 Å². The maximum absolute atomic E-state index is 12.2. The van der Waals surface area contributed by atoms with Crippen LogP contribution in [0.2, 0.25) is 0 Å². The van der Waals surface area contributed by atoms with Gasteiger partial charge < -0.3 is 4.74 Å².